The molecule has 1 saturated heterocycles. The van der Waals surface area contributed by atoms with Crippen LogP contribution in [0.1, 0.15) is 37.6 Å². The van der Waals surface area contributed by atoms with Gasteiger partial charge in [-0.15, -0.1) is 0 Å². The Hall–Kier alpha value is -2.97. The molecular formula is C18H25N3O6. The summed E-state index contributed by atoms with van der Waals surface area (Å²) in [5, 5.41) is 33.3. The third-order valence-electron chi connectivity index (χ3n) is 4.35. The molecule has 0 aliphatic carbocycles. The lowest BCUT2D eigenvalue weighted by atomic mass is 10.1. The Morgan fingerprint density at radius 1 is 1.11 bits per heavy atom. The lowest BCUT2D eigenvalue weighted by Crippen LogP contribution is -2.43. The summed E-state index contributed by atoms with van der Waals surface area (Å²) >= 11 is 0. The Bertz CT molecular complexity index is 733. The zero-order chi connectivity index (χ0) is 20.4. The smallest absolute Gasteiger partial charge is 0.251 e. The Labute approximate surface area is 157 Å². The highest BCUT2D eigenvalue weighted by molar-refractivity contribution is 5.95. The van der Waals surface area contributed by atoms with Gasteiger partial charge < -0.3 is 30.9 Å². The number of rotatable bonds is 5. The van der Waals surface area contributed by atoms with Crippen molar-refractivity contribution < 1.29 is 29.7 Å². The van der Waals surface area contributed by atoms with Gasteiger partial charge in [-0.1, -0.05) is 0 Å². The van der Waals surface area contributed by atoms with E-state index in [0.717, 1.165) is 12.1 Å². The van der Waals surface area contributed by atoms with Crippen molar-refractivity contribution in [1.82, 2.24) is 15.5 Å². The largest absolute Gasteiger partial charge is 0.504 e. The first kappa shape index (κ1) is 20.3. The van der Waals surface area contributed by atoms with Gasteiger partial charge in [-0.2, -0.15) is 0 Å². The van der Waals surface area contributed by atoms with E-state index in [1.165, 1.54) is 0 Å². The molecule has 0 aromatic heterocycles. The van der Waals surface area contributed by atoms with E-state index in [1.54, 1.807) is 4.90 Å². The van der Waals surface area contributed by atoms with Gasteiger partial charge in [-0.25, -0.2) is 0 Å². The zero-order valence-corrected chi connectivity index (χ0v) is 15.6. The van der Waals surface area contributed by atoms with Gasteiger partial charge in [-0.3, -0.25) is 14.4 Å². The Kier molecular flexibility index (Phi) is 5.82. The summed E-state index contributed by atoms with van der Waals surface area (Å²) in [5.74, 6) is -3.21. The number of nitrogens with one attached hydrogen (secondary N) is 2. The average Bonchev–Trinajstić information content (AvgIpc) is 2.98. The molecule has 0 radical (unpaired) electrons. The first-order chi connectivity index (χ1) is 12.5. The van der Waals surface area contributed by atoms with Gasteiger partial charge in [0.1, 0.15) is 0 Å². The lowest BCUT2D eigenvalue weighted by molar-refractivity contribution is -0.132. The van der Waals surface area contributed by atoms with Crippen LogP contribution < -0.4 is 10.6 Å². The predicted octanol–water partition coefficient (Wildman–Crippen LogP) is 0.296. The second-order valence-electron chi connectivity index (χ2n) is 7.49. The average molecular weight is 379 g/mol. The van der Waals surface area contributed by atoms with E-state index in [2.05, 4.69) is 10.6 Å². The molecule has 1 heterocycles. The van der Waals surface area contributed by atoms with Crippen LogP contribution in [0.15, 0.2) is 12.1 Å². The maximum Gasteiger partial charge on any atom is 0.251 e. The number of benzene rings is 1. The topological polar surface area (TPSA) is 139 Å². The standard InChI is InChI=1S/C18H25N3O6/c1-18(2,3)21-9-11(8-14(21)24)17(27)20-5-4-19-16(26)10-6-12(22)15(25)13(23)7-10/h6-7,11,22-23,25H,4-5,8-9H2,1-3H3,(H,19,26)(H,20,27). The SMILES string of the molecule is CC(C)(C)N1CC(C(=O)NCCNC(=O)c2cc(O)c(O)c(O)c2)CC1=O. The molecule has 1 aliphatic heterocycles. The van der Waals surface area contributed by atoms with E-state index < -0.39 is 29.1 Å². The van der Waals surface area contributed by atoms with Crippen LogP contribution in [0.25, 0.3) is 0 Å². The van der Waals surface area contributed by atoms with Crippen LogP contribution in [-0.2, 0) is 9.59 Å². The Balaban J connectivity index is 1.79. The molecule has 2 rings (SSSR count). The number of likely N-dealkylation sites (tertiary alicyclic amines) is 1. The molecule has 3 amide bonds. The number of nitrogens with zero attached hydrogens (tertiary/aromatic N) is 1. The van der Waals surface area contributed by atoms with Crippen LogP contribution in [0.3, 0.4) is 0 Å². The molecule has 1 aliphatic rings. The second-order valence-corrected chi connectivity index (χ2v) is 7.49. The third kappa shape index (κ3) is 4.81. The molecule has 0 saturated carbocycles. The number of phenols is 3. The molecule has 148 valence electrons. The van der Waals surface area contributed by atoms with Crippen molar-refractivity contribution in [3.63, 3.8) is 0 Å². The third-order valence-corrected chi connectivity index (χ3v) is 4.35. The van der Waals surface area contributed by atoms with Gasteiger partial charge in [0.15, 0.2) is 17.2 Å². The van der Waals surface area contributed by atoms with Crippen molar-refractivity contribution in [3.05, 3.63) is 17.7 Å². The van der Waals surface area contributed by atoms with Crippen molar-refractivity contribution in [3.8, 4) is 17.2 Å². The molecular weight excluding hydrogens is 354 g/mol. The van der Waals surface area contributed by atoms with Gasteiger partial charge >= 0.3 is 0 Å². The van der Waals surface area contributed by atoms with Crippen molar-refractivity contribution >= 4 is 17.7 Å². The molecule has 9 nitrogen and oxygen atoms in total. The number of aromatic hydroxyl groups is 3. The first-order valence-electron chi connectivity index (χ1n) is 8.62. The van der Waals surface area contributed by atoms with Gasteiger partial charge in [0.25, 0.3) is 5.91 Å². The van der Waals surface area contributed by atoms with Crippen LogP contribution in [0, 0.1) is 5.92 Å². The minimum absolute atomic E-state index is 0.0312. The van der Waals surface area contributed by atoms with E-state index in [4.69, 9.17) is 0 Å². The monoisotopic (exact) mass is 379 g/mol. The second kappa shape index (κ2) is 7.73. The van der Waals surface area contributed by atoms with Crippen LogP contribution >= 0.6 is 0 Å². The zero-order valence-electron chi connectivity index (χ0n) is 15.6. The minimum Gasteiger partial charge on any atom is -0.504 e. The number of hydrogen-bond donors (Lipinski definition) is 5. The number of hydrogen-bond acceptors (Lipinski definition) is 6. The maximum atomic E-state index is 12.2. The van der Waals surface area contributed by atoms with Crippen molar-refractivity contribution in [1.29, 1.82) is 0 Å². The fourth-order valence-electron chi connectivity index (χ4n) is 2.87. The molecule has 1 aromatic rings. The van der Waals surface area contributed by atoms with Gasteiger partial charge in [0, 0.05) is 37.2 Å². The van der Waals surface area contributed by atoms with E-state index in [-0.39, 0.29) is 42.4 Å². The predicted molar refractivity (Wildman–Crippen MR) is 96.4 cm³/mol. The molecule has 5 N–H and O–H groups in total. The molecule has 1 aromatic carbocycles. The van der Waals surface area contributed by atoms with Crippen LogP contribution in [0.4, 0.5) is 0 Å². The fraction of sp³-hybridized carbons (Fsp3) is 0.500. The van der Waals surface area contributed by atoms with Gasteiger partial charge in [0.2, 0.25) is 11.8 Å². The van der Waals surface area contributed by atoms with Crippen LogP contribution in [0.5, 0.6) is 17.2 Å². The summed E-state index contributed by atoms with van der Waals surface area (Å²) in [5.41, 5.74) is -0.363. The highest BCUT2D eigenvalue weighted by atomic mass is 16.3. The summed E-state index contributed by atoms with van der Waals surface area (Å²) in [6, 6.07) is 2.04. The molecule has 1 unspecified atom stereocenters. The normalized spacial score (nSPS) is 17.1. The van der Waals surface area contributed by atoms with Crippen LogP contribution in [0.2, 0.25) is 0 Å². The van der Waals surface area contributed by atoms with Crippen LogP contribution in [-0.4, -0.2) is 63.1 Å². The van der Waals surface area contributed by atoms with Crippen molar-refractivity contribution in [2.75, 3.05) is 19.6 Å². The summed E-state index contributed by atoms with van der Waals surface area (Å²) in [4.78, 5) is 37.9. The van der Waals surface area contributed by atoms with Crippen molar-refractivity contribution in [2.45, 2.75) is 32.7 Å². The molecule has 0 spiro atoms. The maximum absolute atomic E-state index is 12.2. The number of amides is 3. The molecule has 1 atom stereocenters. The van der Waals surface area contributed by atoms with E-state index in [9.17, 15) is 29.7 Å². The van der Waals surface area contributed by atoms with Gasteiger partial charge in [-0.05, 0) is 32.9 Å². The van der Waals surface area contributed by atoms with E-state index >= 15 is 0 Å². The number of carbonyl (C=O) groups is 3. The Morgan fingerprint density at radius 2 is 1.67 bits per heavy atom. The molecule has 0 bridgehead atoms. The fourth-order valence-corrected chi connectivity index (χ4v) is 2.87. The van der Waals surface area contributed by atoms with E-state index in [1.807, 2.05) is 20.8 Å². The van der Waals surface area contributed by atoms with E-state index in [0.29, 0.717) is 6.54 Å². The lowest BCUT2D eigenvalue weighted by Gasteiger charge is -2.31. The quantitative estimate of drug-likeness (QED) is 0.368. The summed E-state index contributed by atoms with van der Waals surface area (Å²) in [7, 11) is 0. The molecule has 9 heteroatoms. The summed E-state index contributed by atoms with van der Waals surface area (Å²) in [6.07, 6.45) is 0.168. The first-order valence-corrected chi connectivity index (χ1v) is 8.62. The summed E-state index contributed by atoms with van der Waals surface area (Å²) < 4.78 is 0. The summed E-state index contributed by atoms with van der Waals surface area (Å²) in [6.45, 7) is 6.41. The molecule has 27 heavy (non-hydrogen) atoms. The highest BCUT2D eigenvalue weighted by Crippen LogP contribution is 2.35. The van der Waals surface area contributed by atoms with Gasteiger partial charge in [0.05, 0.1) is 5.92 Å². The molecule has 1 fully saturated rings. The number of carbonyl (C=O) groups excluding carboxylic acids is 3. The Morgan fingerprint density at radius 3 is 2.19 bits per heavy atom. The minimum atomic E-state index is -0.700. The number of phenolic OH excluding ortho intramolecular Hbond substituents is 3. The van der Waals surface area contributed by atoms with Crippen molar-refractivity contribution in [2.24, 2.45) is 5.92 Å². The highest BCUT2D eigenvalue weighted by Gasteiger charge is 2.39.